The molecule has 1 spiro atoms. The molecular formula is C27H30N4O4. The van der Waals surface area contributed by atoms with Crippen LogP contribution in [0.15, 0.2) is 42.7 Å². The summed E-state index contributed by atoms with van der Waals surface area (Å²) in [6, 6.07) is 10.2. The Bertz CT molecular complexity index is 1180. The van der Waals surface area contributed by atoms with Crippen LogP contribution in [0.3, 0.4) is 0 Å². The SMILES string of the molecule is CCC(=O)N1CCN(c2ccc(C3(C(=O)N4CCC5(C4)OC(=O)c4cnccc45)CC3)cc2)CC1. The van der Waals surface area contributed by atoms with Gasteiger partial charge in [-0.15, -0.1) is 0 Å². The van der Waals surface area contributed by atoms with Crippen LogP contribution in [0.25, 0.3) is 0 Å². The van der Waals surface area contributed by atoms with Gasteiger partial charge in [-0.3, -0.25) is 14.6 Å². The fraction of sp³-hybridized carbons (Fsp3) is 0.481. The number of nitrogens with zero attached hydrogens (tertiary/aromatic N) is 4. The van der Waals surface area contributed by atoms with Gasteiger partial charge in [0.15, 0.2) is 5.60 Å². The molecule has 1 saturated carbocycles. The quantitative estimate of drug-likeness (QED) is 0.633. The van der Waals surface area contributed by atoms with Crippen molar-refractivity contribution < 1.29 is 19.1 Å². The van der Waals surface area contributed by atoms with Gasteiger partial charge < -0.3 is 19.4 Å². The number of amides is 2. The first-order valence-electron chi connectivity index (χ1n) is 12.6. The van der Waals surface area contributed by atoms with Crippen molar-refractivity contribution in [3.05, 3.63) is 59.4 Å². The zero-order chi connectivity index (χ0) is 24.2. The topological polar surface area (TPSA) is 83.0 Å². The number of piperazine rings is 1. The van der Waals surface area contributed by atoms with E-state index in [4.69, 9.17) is 4.74 Å². The molecule has 2 saturated heterocycles. The molecule has 4 heterocycles. The first kappa shape index (κ1) is 22.1. The molecule has 6 rings (SSSR count). The summed E-state index contributed by atoms with van der Waals surface area (Å²) >= 11 is 0. The van der Waals surface area contributed by atoms with Crippen molar-refractivity contribution in [2.75, 3.05) is 44.2 Å². The summed E-state index contributed by atoms with van der Waals surface area (Å²) in [4.78, 5) is 48.2. The minimum Gasteiger partial charge on any atom is -0.449 e. The summed E-state index contributed by atoms with van der Waals surface area (Å²) < 4.78 is 5.81. The number of carbonyl (C=O) groups is 3. The molecule has 8 heteroatoms. The number of hydrogen-bond donors (Lipinski definition) is 0. The first-order valence-corrected chi connectivity index (χ1v) is 12.6. The average molecular weight is 475 g/mol. The summed E-state index contributed by atoms with van der Waals surface area (Å²) in [5, 5.41) is 0. The Labute approximate surface area is 204 Å². The van der Waals surface area contributed by atoms with E-state index in [1.807, 2.05) is 22.8 Å². The van der Waals surface area contributed by atoms with E-state index in [2.05, 4.69) is 34.1 Å². The average Bonchev–Trinajstić information content (AvgIpc) is 3.54. The maximum Gasteiger partial charge on any atom is 0.341 e. The van der Waals surface area contributed by atoms with Gasteiger partial charge in [-0.05, 0) is 36.6 Å². The highest BCUT2D eigenvalue weighted by molar-refractivity contribution is 5.95. The zero-order valence-corrected chi connectivity index (χ0v) is 20.0. The van der Waals surface area contributed by atoms with Gasteiger partial charge in [0, 0.05) is 69.2 Å². The molecule has 35 heavy (non-hydrogen) atoms. The Morgan fingerprint density at radius 3 is 2.40 bits per heavy atom. The number of pyridine rings is 1. The Morgan fingerprint density at radius 1 is 0.971 bits per heavy atom. The molecule has 0 N–H and O–H groups in total. The van der Waals surface area contributed by atoms with Gasteiger partial charge in [0.05, 0.1) is 17.5 Å². The monoisotopic (exact) mass is 474 g/mol. The summed E-state index contributed by atoms with van der Waals surface area (Å²) in [5.41, 5.74) is 2.33. The number of carbonyl (C=O) groups excluding carboxylic acids is 3. The highest BCUT2D eigenvalue weighted by Gasteiger charge is 2.57. The van der Waals surface area contributed by atoms with Gasteiger partial charge in [0.25, 0.3) is 0 Å². The van der Waals surface area contributed by atoms with Crippen molar-refractivity contribution in [1.29, 1.82) is 0 Å². The Kier molecular flexibility index (Phi) is 5.09. The lowest BCUT2D eigenvalue weighted by Crippen LogP contribution is -2.48. The van der Waals surface area contributed by atoms with Crippen LogP contribution in [0.1, 0.15) is 54.1 Å². The maximum absolute atomic E-state index is 13.7. The molecule has 182 valence electrons. The van der Waals surface area contributed by atoms with E-state index < -0.39 is 11.0 Å². The molecular weight excluding hydrogens is 444 g/mol. The van der Waals surface area contributed by atoms with Gasteiger partial charge in [0.2, 0.25) is 11.8 Å². The largest absolute Gasteiger partial charge is 0.449 e. The molecule has 8 nitrogen and oxygen atoms in total. The molecule has 1 aliphatic carbocycles. The lowest BCUT2D eigenvalue weighted by atomic mass is 9.92. The molecule has 0 radical (unpaired) electrons. The summed E-state index contributed by atoms with van der Waals surface area (Å²) in [6.45, 7) is 6.01. The van der Waals surface area contributed by atoms with E-state index in [1.165, 1.54) is 0 Å². The molecule has 0 bridgehead atoms. The molecule has 1 aromatic carbocycles. The maximum atomic E-state index is 13.7. The van der Waals surface area contributed by atoms with E-state index in [9.17, 15) is 14.4 Å². The number of rotatable bonds is 4. The molecule has 2 aromatic rings. The summed E-state index contributed by atoms with van der Waals surface area (Å²) in [5.74, 6) is -0.00297. The number of esters is 1. The minimum atomic E-state index is -0.744. The zero-order valence-electron chi connectivity index (χ0n) is 20.0. The molecule has 3 fully saturated rings. The third-order valence-electron chi connectivity index (χ3n) is 8.22. The predicted octanol–water partition coefficient (Wildman–Crippen LogP) is 2.47. The van der Waals surface area contributed by atoms with Crippen LogP contribution in [-0.2, 0) is 25.3 Å². The van der Waals surface area contributed by atoms with E-state index >= 15 is 0 Å². The van der Waals surface area contributed by atoms with Crippen molar-refractivity contribution in [3.8, 4) is 0 Å². The number of aromatic nitrogens is 1. The molecule has 1 unspecified atom stereocenters. The molecule has 3 aliphatic heterocycles. The minimum absolute atomic E-state index is 0.132. The van der Waals surface area contributed by atoms with Crippen LogP contribution in [0.2, 0.25) is 0 Å². The van der Waals surface area contributed by atoms with Gasteiger partial charge in [0.1, 0.15) is 0 Å². The second-order valence-corrected chi connectivity index (χ2v) is 10.1. The van der Waals surface area contributed by atoms with Crippen molar-refractivity contribution >= 4 is 23.5 Å². The van der Waals surface area contributed by atoms with Crippen molar-refractivity contribution in [3.63, 3.8) is 0 Å². The lowest BCUT2D eigenvalue weighted by Gasteiger charge is -2.36. The third-order valence-corrected chi connectivity index (χ3v) is 8.22. The molecule has 2 amide bonds. The second-order valence-electron chi connectivity index (χ2n) is 10.1. The van der Waals surface area contributed by atoms with E-state index in [0.29, 0.717) is 31.5 Å². The molecule has 1 aromatic heterocycles. The van der Waals surface area contributed by atoms with E-state index in [1.54, 1.807) is 12.4 Å². The third kappa shape index (κ3) is 3.49. The highest BCUT2D eigenvalue weighted by atomic mass is 16.6. The Hall–Kier alpha value is -3.42. The molecule has 1 atom stereocenters. The predicted molar refractivity (Wildman–Crippen MR) is 129 cm³/mol. The number of hydrogen-bond acceptors (Lipinski definition) is 6. The van der Waals surface area contributed by atoms with Gasteiger partial charge in [-0.2, -0.15) is 0 Å². The smallest absolute Gasteiger partial charge is 0.341 e. The van der Waals surface area contributed by atoms with Gasteiger partial charge >= 0.3 is 5.97 Å². The van der Waals surface area contributed by atoms with Crippen LogP contribution in [0.4, 0.5) is 5.69 Å². The van der Waals surface area contributed by atoms with Crippen molar-refractivity contribution in [2.45, 2.75) is 43.6 Å². The number of ether oxygens (including phenoxy) is 1. The number of fused-ring (bicyclic) bond motifs is 2. The number of anilines is 1. The van der Waals surface area contributed by atoms with Gasteiger partial charge in [-0.1, -0.05) is 19.1 Å². The highest BCUT2D eigenvalue weighted by Crippen LogP contribution is 2.52. The standard InChI is InChI=1S/C27H30N4O4/c1-2-23(32)30-15-13-29(14-16-30)20-5-3-19(4-6-20)26(8-9-26)25(34)31-12-10-27(18-31)22-7-11-28-17-21(22)24(33)35-27/h3-7,11,17H,2,8-10,12-16,18H2,1H3. The lowest BCUT2D eigenvalue weighted by molar-refractivity contribution is -0.134. The number of benzene rings is 1. The Balaban J connectivity index is 1.15. The number of likely N-dealkylation sites (tertiary alicyclic amines) is 1. The van der Waals surface area contributed by atoms with Crippen LogP contribution in [0.5, 0.6) is 0 Å². The van der Waals surface area contributed by atoms with Crippen LogP contribution < -0.4 is 4.90 Å². The van der Waals surface area contributed by atoms with Crippen molar-refractivity contribution in [2.24, 2.45) is 0 Å². The van der Waals surface area contributed by atoms with Crippen LogP contribution >= 0.6 is 0 Å². The van der Waals surface area contributed by atoms with Gasteiger partial charge in [-0.25, -0.2) is 4.79 Å². The normalized spacial score (nSPS) is 24.5. The summed E-state index contributed by atoms with van der Waals surface area (Å²) in [6.07, 6.45) is 6.08. The van der Waals surface area contributed by atoms with E-state index in [0.717, 1.165) is 55.8 Å². The molecule has 4 aliphatic rings. The first-order chi connectivity index (χ1) is 17.0. The second kappa shape index (κ2) is 8.07. The van der Waals surface area contributed by atoms with Crippen LogP contribution in [-0.4, -0.2) is 71.8 Å². The van der Waals surface area contributed by atoms with Crippen LogP contribution in [0, 0.1) is 0 Å². The van der Waals surface area contributed by atoms with Crippen molar-refractivity contribution in [1.82, 2.24) is 14.8 Å². The fourth-order valence-corrected chi connectivity index (χ4v) is 5.98. The summed E-state index contributed by atoms with van der Waals surface area (Å²) in [7, 11) is 0. The Morgan fingerprint density at radius 2 is 1.71 bits per heavy atom. The fourth-order valence-electron chi connectivity index (χ4n) is 5.98. The van der Waals surface area contributed by atoms with E-state index in [-0.39, 0.29) is 17.8 Å².